The maximum Gasteiger partial charge on any atom is 0.171 e. The molecule has 1 aromatic carbocycles. The lowest BCUT2D eigenvalue weighted by atomic mass is 9.49. The number of fused-ring (bicyclic) bond motifs is 4. The topological polar surface area (TPSA) is 76.0 Å². The highest BCUT2D eigenvalue weighted by molar-refractivity contribution is 5.99. The van der Waals surface area contributed by atoms with Crippen molar-refractivity contribution in [1.82, 2.24) is 0 Å². The Morgan fingerprint density at radius 3 is 2.42 bits per heavy atom. The van der Waals surface area contributed by atoms with Crippen molar-refractivity contribution in [3.63, 3.8) is 0 Å². The fourth-order valence-corrected chi connectivity index (χ4v) is 9.36. The van der Waals surface area contributed by atoms with Crippen LogP contribution in [-0.4, -0.2) is 46.2 Å². The van der Waals surface area contributed by atoms with Gasteiger partial charge in [-0.2, -0.15) is 0 Å². The van der Waals surface area contributed by atoms with E-state index >= 15 is 0 Å². The molecule has 5 heteroatoms. The van der Waals surface area contributed by atoms with Crippen LogP contribution in [0, 0.1) is 23.2 Å². The minimum atomic E-state index is -0.902. The number of rotatable bonds is 4. The molecule has 1 heterocycles. The van der Waals surface area contributed by atoms with Crippen LogP contribution < -0.4 is 0 Å². The molecule has 1 saturated heterocycles. The Morgan fingerprint density at radius 2 is 1.74 bits per heavy atom. The van der Waals surface area contributed by atoms with Gasteiger partial charge in [0.15, 0.2) is 11.6 Å². The molecule has 5 nitrogen and oxygen atoms in total. The first-order chi connectivity index (χ1) is 18.2. The minimum absolute atomic E-state index is 0.113. The van der Waals surface area contributed by atoms with Gasteiger partial charge in [-0.25, -0.2) is 0 Å². The van der Waals surface area contributed by atoms with Gasteiger partial charge in [0.05, 0.1) is 24.4 Å². The molecule has 1 aromatic rings. The van der Waals surface area contributed by atoms with Crippen molar-refractivity contribution in [3.05, 3.63) is 58.7 Å². The summed E-state index contributed by atoms with van der Waals surface area (Å²) in [6, 6.07) is 8.34. The fourth-order valence-electron chi connectivity index (χ4n) is 9.36. The van der Waals surface area contributed by atoms with E-state index in [1.807, 2.05) is 31.2 Å². The number of hydrogen-bond donors (Lipinski definition) is 2. The molecule has 2 unspecified atom stereocenters. The van der Waals surface area contributed by atoms with Gasteiger partial charge in [-0.05, 0) is 81.3 Å². The van der Waals surface area contributed by atoms with Gasteiger partial charge in [0.1, 0.15) is 0 Å². The molecule has 0 bridgehead atoms. The van der Waals surface area contributed by atoms with Crippen molar-refractivity contribution in [3.8, 4) is 0 Å². The Hall–Kier alpha value is -1.79. The highest BCUT2D eigenvalue weighted by Crippen LogP contribution is 2.68. The predicted molar refractivity (Wildman–Crippen MR) is 145 cm³/mol. The highest BCUT2D eigenvalue weighted by atomic mass is 16.7. The van der Waals surface area contributed by atoms with Crippen LogP contribution in [0.1, 0.15) is 99.9 Å². The zero-order chi connectivity index (χ0) is 26.3. The van der Waals surface area contributed by atoms with E-state index in [2.05, 4.69) is 19.1 Å². The number of hydrogen-bond acceptors (Lipinski definition) is 5. The number of carbonyl (C=O) groups excluding carboxylic acids is 1. The molecule has 0 radical (unpaired) electrons. The minimum Gasteiger partial charge on any atom is -0.385 e. The largest absolute Gasteiger partial charge is 0.385 e. The maximum atomic E-state index is 12.7. The van der Waals surface area contributed by atoms with E-state index < -0.39 is 17.0 Å². The molecular formula is C33H42O5. The van der Waals surface area contributed by atoms with Crippen LogP contribution in [0.25, 0.3) is 0 Å². The quantitative estimate of drug-likeness (QED) is 0.386. The number of ether oxygens (including phenoxy) is 2. The molecule has 1 spiro atoms. The van der Waals surface area contributed by atoms with Crippen LogP contribution in [0.3, 0.4) is 0 Å². The van der Waals surface area contributed by atoms with Gasteiger partial charge in [0.25, 0.3) is 0 Å². The molecule has 0 aromatic heterocycles. The van der Waals surface area contributed by atoms with Gasteiger partial charge >= 0.3 is 0 Å². The number of aliphatic hydroxyl groups is 2. The summed E-state index contributed by atoms with van der Waals surface area (Å²) in [6.07, 6.45) is 12.4. The van der Waals surface area contributed by atoms with Crippen molar-refractivity contribution in [1.29, 1.82) is 0 Å². The lowest BCUT2D eigenvalue weighted by Gasteiger charge is -2.57. The standard InChI is InChI=1S/C33H42O5/c1-3-13-32(36)15-11-26-24-10-14-31(35)20-33(37-17-18-38-33)16-12-27(31)28(24)25(19-30(26,32)2)21-4-6-22(7-5-21)29(34)23-8-9-23/h3-7,13,23-26,35-36H,8-12,14-20H2,1-2H3/t24?,25-,26?,30+,31-,32+/m1/s1. The van der Waals surface area contributed by atoms with Crippen LogP contribution in [0.2, 0.25) is 0 Å². The van der Waals surface area contributed by atoms with Crippen molar-refractivity contribution >= 4 is 5.78 Å². The lowest BCUT2D eigenvalue weighted by molar-refractivity contribution is -0.208. The summed E-state index contributed by atoms with van der Waals surface area (Å²) in [5, 5.41) is 24.2. The molecule has 1 aliphatic heterocycles. The van der Waals surface area contributed by atoms with Crippen molar-refractivity contribution in [2.45, 2.75) is 101 Å². The van der Waals surface area contributed by atoms with Gasteiger partial charge in [-0.1, -0.05) is 48.9 Å². The Morgan fingerprint density at radius 1 is 1.00 bits per heavy atom. The zero-order valence-electron chi connectivity index (χ0n) is 22.9. The average molecular weight is 519 g/mol. The van der Waals surface area contributed by atoms with E-state index in [4.69, 9.17) is 9.47 Å². The second-order valence-electron chi connectivity index (χ2n) is 13.4. The molecule has 6 atom stereocenters. The van der Waals surface area contributed by atoms with Crippen LogP contribution in [0.4, 0.5) is 0 Å². The summed E-state index contributed by atoms with van der Waals surface area (Å²) < 4.78 is 12.1. The van der Waals surface area contributed by atoms with E-state index in [9.17, 15) is 15.0 Å². The Labute approximate surface area is 226 Å². The first kappa shape index (κ1) is 25.2. The molecule has 4 saturated carbocycles. The number of Topliss-reactive ketones (excluding diaryl/α,β-unsaturated/α-hetero) is 1. The van der Waals surface area contributed by atoms with Crippen LogP contribution >= 0.6 is 0 Å². The van der Waals surface area contributed by atoms with Crippen LogP contribution in [-0.2, 0) is 9.47 Å². The third kappa shape index (κ3) is 3.61. The number of benzene rings is 1. The molecule has 7 rings (SSSR count). The molecule has 5 aliphatic carbocycles. The molecular weight excluding hydrogens is 476 g/mol. The maximum absolute atomic E-state index is 12.7. The zero-order valence-corrected chi connectivity index (χ0v) is 22.9. The summed E-state index contributed by atoms with van der Waals surface area (Å²) in [5.41, 5.74) is 2.68. The van der Waals surface area contributed by atoms with Gasteiger partial charge < -0.3 is 19.7 Å². The van der Waals surface area contributed by atoms with Crippen LogP contribution in [0.5, 0.6) is 0 Å². The van der Waals surface area contributed by atoms with E-state index in [1.54, 1.807) is 0 Å². The van der Waals surface area contributed by atoms with Crippen molar-refractivity contribution in [2.75, 3.05) is 13.2 Å². The smallest absolute Gasteiger partial charge is 0.171 e. The predicted octanol–water partition coefficient (Wildman–Crippen LogP) is 5.85. The van der Waals surface area contributed by atoms with E-state index in [1.165, 1.54) is 16.7 Å². The lowest BCUT2D eigenvalue weighted by Crippen LogP contribution is -2.55. The van der Waals surface area contributed by atoms with Crippen molar-refractivity contribution in [2.24, 2.45) is 23.2 Å². The summed E-state index contributed by atoms with van der Waals surface area (Å²) in [7, 11) is 0. The molecule has 38 heavy (non-hydrogen) atoms. The summed E-state index contributed by atoms with van der Waals surface area (Å²) in [6.45, 7) is 5.51. The first-order valence-electron chi connectivity index (χ1n) is 15.0. The van der Waals surface area contributed by atoms with Crippen molar-refractivity contribution < 1.29 is 24.5 Å². The number of allylic oxidation sites excluding steroid dienone is 2. The second kappa shape index (κ2) is 8.60. The Kier molecular flexibility index (Phi) is 5.70. The summed E-state index contributed by atoms with van der Waals surface area (Å²) >= 11 is 0. The molecule has 2 N–H and O–H groups in total. The Bertz CT molecular complexity index is 1190. The normalized spacial score (nSPS) is 41.8. The van der Waals surface area contributed by atoms with Crippen LogP contribution in [0.15, 0.2) is 47.6 Å². The molecule has 204 valence electrons. The number of ketones is 1. The van der Waals surface area contributed by atoms with E-state index in [-0.39, 0.29) is 23.0 Å². The van der Waals surface area contributed by atoms with Gasteiger partial charge in [0.2, 0.25) is 0 Å². The first-order valence-corrected chi connectivity index (χ1v) is 15.0. The molecule has 5 fully saturated rings. The molecule has 0 amide bonds. The summed E-state index contributed by atoms with van der Waals surface area (Å²) in [4.78, 5) is 12.7. The van der Waals surface area contributed by atoms with Gasteiger partial charge in [-0.3, -0.25) is 4.79 Å². The summed E-state index contributed by atoms with van der Waals surface area (Å²) in [5.74, 6) is 0.684. The second-order valence-corrected chi connectivity index (χ2v) is 13.4. The van der Waals surface area contributed by atoms with Gasteiger partial charge in [-0.15, -0.1) is 0 Å². The third-order valence-electron chi connectivity index (χ3n) is 11.4. The SMILES string of the molecule is CC=C[C@]1(O)CCC2C3CC[C@@]4(O)CC5(CCC4=C3[C@@H](c3ccc(C(=O)C4CC4)cc3)C[C@@]21C)OCCO5. The number of carbonyl (C=O) groups is 1. The fraction of sp³-hybridized carbons (Fsp3) is 0.667. The average Bonchev–Trinajstić information content (AvgIpc) is 3.61. The molecule has 6 aliphatic rings. The third-order valence-corrected chi connectivity index (χ3v) is 11.4. The van der Waals surface area contributed by atoms with E-state index in [0.717, 1.165) is 63.4 Å². The Balaban J connectivity index is 1.33. The monoisotopic (exact) mass is 518 g/mol. The van der Waals surface area contributed by atoms with Gasteiger partial charge in [0, 0.05) is 35.7 Å². The highest BCUT2D eigenvalue weighted by Gasteiger charge is 2.64. The van der Waals surface area contributed by atoms with E-state index in [0.29, 0.717) is 31.5 Å².